The van der Waals surface area contributed by atoms with E-state index in [2.05, 4.69) is 5.32 Å². The third kappa shape index (κ3) is 23.8. The van der Waals surface area contributed by atoms with Gasteiger partial charge in [0.2, 0.25) is 5.91 Å². The lowest BCUT2D eigenvalue weighted by molar-refractivity contribution is -0.409. The van der Waals surface area contributed by atoms with E-state index in [4.69, 9.17) is 109 Å². The average Bonchev–Trinajstić information content (AvgIpc) is 0.763. The highest BCUT2D eigenvalue weighted by atomic mass is 16.8. The van der Waals surface area contributed by atoms with Crippen LogP contribution in [0.25, 0.3) is 0 Å². The lowest BCUT2D eigenvalue weighted by atomic mass is 9.94. The topological polar surface area (TPSA) is 990 Å². The highest BCUT2D eigenvalue weighted by Gasteiger charge is 2.63. The second-order valence-electron chi connectivity index (χ2n) is 34.5. The van der Waals surface area contributed by atoms with Crippen molar-refractivity contribution in [3.8, 4) is 0 Å². The zero-order valence-corrected chi connectivity index (χ0v) is 71.5. The van der Waals surface area contributed by atoms with Crippen LogP contribution in [-0.4, -0.2) is 643 Å². The number of carbonyl (C=O) groups is 1. The van der Waals surface area contributed by atoms with Crippen molar-refractivity contribution < 1.29 is 303 Å². The molecule has 0 radical (unpaired) electrons. The minimum absolute atomic E-state index is 0.925. The molecule has 12 fully saturated rings. The highest BCUT2D eigenvalue weighted by molar-refractivity contribution is 5.73. The third-order valence-electron chi connectivity index (χ3n) is 25.4. The molecule has 0 aromatic carbocycles. The molecule has 0 spiro atoms. The fourth-order valence-electron chi connectivity index (χ4n) is 17.3. The van der Waals surface area contributed by atoms with E-state index in [-0.39, 0.29) is 0 Å². The van der Waals surface area contributed by atoms with Gasteiger partial charge < -0.3 is 303 Å². The first kappa shape index (κ1) is 112. The normalized spacial score (nSPS) is 52.8. The van der Waals surface area contributed by atoms with Gasteiger partial charge in [0.1, 0.15) is 293 Å². The summed E-state index contributed by atoms with van der Waals surface area (Å²) in [6.45, 7) is -12.8. The lowest BCUT2D eigenvalue weighted by Crippen LogP contribution is -2.69. The number of amides is 1. The number of carbonyl (C=O) groups excluding carboxylic acids is 1. The van der Waals surface area contributed by atoms with E-state index in [0.29, 0.717) is 0 Å². The Morgan fingerprint density at radius 3 is 0.721 bits per heavy atom. The zero-order chi connectivity index (χ0) is 99.7. The zero-order valence-electron chi connectivity index (χ0n) is 71.5. The standard InChI is InChI=1S/C74H125NO61/c1-14(84)75-27-39(96)56(22(9-83)118-63(27)113)130-70-55(112)58(132-74-62(136-73-61(47(104)34(91)21(8-82)125-73)134-69-53(110)43(100)31(88)18(5-79)122-69)48(105)36(93)24(129-74)11-115-65-50(107)44(101)35(92)23(126-65)10-114-64-49(106)40(97)28(85)15(2-76)119-64)38(95)26(128-70)12-116-66-54(111)57(131-67-51(108)41(98)29(86)16(3-77)120-67)37(94)25(127-66)13-117-71-59(45(102)32(89)19(6-80)123-71)135-72-60(46(103)33(90)20(7-81)124-72)133-68-52(109)42(99)30(87)17(4-78)121-68/h15-74,76-83,85-113H,2-13H2,1H3,(H,75,84)/t15-,16-,17-,18-,19-,20-,21-,22-,23-,24-,25-,26-,27-,28-,29-,30-,31-,32-,33-,34-,35-,36-,37-,38-,39-,40+,41+,42+,43+,44+,45+,46+,47-,48+,49+,50+,51+,52+,53+,54+,55+,56-,57+,58+,59+,60+,61+,62+,63?,64+,65+,66+,67-,68-,69-,70+,71+,72-,73-,74-/m1/s1. The Hall–Kier alpha value is -2.93. The average molecular weight is 2000 g/mol. The van der Waals surface area contributed by atoms with Crippen molar-refractivity contribution in [1.82, 2.24) is 5.32 Å². The molecule has 0 aromatic heterocycles. The summed E-state index contributed by atoms with van der Waals surface area (Å²) >= 11 is 0. The fraction of sp³-hybridized carbons (Fsp3) is 0.986. The van der Waals surface area contributed by atoms with Gasteiger partial charge in [-0.15, -0.1) is 0 Å². The maximum atomic E-state index is 12.9. The van der Waals surface area contributed by atoms with Gasteiger partial charge in [-0.25, -0.2) is 0 Å². The number of nitrogens with one attached hydrogen (secondary N) is 1. The van der Waals surface area contributed by atoms with Crippen LogP contribution in [-0.2, 0) is 114 Å². The van der Waals surface area contributed by atoms with Gasteiger partial charge in [-0.1, -0.05) is 0 Å². The summed E-state index contributed by atoms with van der Waals surface area (Å²) in [6, 6.07) is -1.89. The van der Waals surface area contributed by atoms with Gasteiger partial charge in [0.15, 0.2) is 75.5 Å². The molecule has 0 saturated carbocycles. The van der Waals surface area contributed by atoms with Crippen LogP contribution in [0.5, 0.6) is 0 Å². The molecule has 0 aliphatic carbocycles. The summed E-state index contributed by atoms with van der Waals surface area (Å²) < 4.78 is 134. The number of rotatable bonds is 35. The second kappa shape index (κ2) is 48.6. The van der Waals surface area contributed by atoms with Crippen molar-refractivity contribution in [2.24, 2.45) is 0 Å². The maximum Gasteiger partial charge on any atom is 0.217 e. The summed E-state index contributed by atoms with van der Waals surface area (Å²) in [5.41, 5.74) is 0. The van der Waals surface area contributed by atoms with Crippen LogP contribution in [0.15, 0.2) is 0 Å². The SMILES string of the molecule is CC(=O)N[C@H]1C(O)O[C@H](CO)[C@@H](O[C@@H]2O[C@H](CO[C@H]3O[C@H](CO[C@H]4O[C@H](CO)[C@@H](O)[C@H](O)[C@@H]4O[C@H]4O[C@H](CO)[C@@H](O)[C@H](O)[C@@H]4O[C@H]4O[C@H](CO)[C@@H](O)[C@H](O)[C@@H]4O)[C@@H](O)[C@H](O[C@H]4O[C@H](CO)[C@@H](O)[C@H](O)[C@@H]4O)[C@@H]3O)[C@@H](O)[C@H](O[C@H]3O[C@H](CO[C@H]4O[C@H](CO[C@H]5O[C@H](CO)[C@@H](O)[C@H](O)[C@@H]5O)[C@@H](O)[C@H](O)[C@@H]4O)[C@@H](O)[C@H](O)[C@@H]3O[C@H]3O[C@H](CO)[C@@H](O)[C@@H](O)[C@@H]3O[C@H]3O[C@H](CO)[C@@H](O)[C@H](O)[C@@H]3O)[C@@H]2O)[C@@H]1O. The van der Waals surface area contributed by atoms with Gasteiger partial charge in [0.05, 0.1) is 79.3 Å². The van der Waals surface area contributed by atoms with Crippen LogP contribution in [0, 0.1) is 0 Å². The summed E-state index contributed by atoms with van der Waals surface area (Å²) in [7, 11) is 0. The molecule has 0 aromatic rings. The van der Waals surface area contributed by atoms with Gasteiger partial charge in [-0.2, -0.15) is 0 Å². The van der Waals surface area contributed by atoms with Crippen molar-refractivity contribution in [2.75, 3.05) is 79.3 Å². The van der Waals surface area contributed by atoms with Gasteiger partial charge in [0.25, 0.3) is 0 Å². The van der Waals surface area contributed by atoms with E-state index < -0.39 is 454 Å². The Balaban J connectivity index is 0.882. The van der Waals surface area contributed by atoms with Gasteiger partial charge >= 0.3 is 0 Å². The molecule has 1 unspecified atom stereocenters. The largest absolute Gasteiger partial charge is 0.394 e. The molecule has 0 bridgehead atoms. The molecular formula is C74H125NO61. The molecule has 1 amide bonds. The third-order valence-corrected chi connectivity index (χ3v) is 25.4. The molecule has 12 heterocycles. The smallest absolute Gasteiger partial charge is 0.217 e. The van der Waals surface area contributed by atoms with E-state index >= 15 is 0 Å². The number of aliphatic hydroxyl groups is 37. The number of aliphatic hydroxyl groups excluding tert-OH is 37. The van der Waals surface area contributed by atoms with Crippen molar-refractivity contribution >= 4 is 5.91 Å². The first-order valence-electron chi connectivity index (χ1n) is 43.2. The minimum Gasteiger partial charge on any atom is -0.394 e. The van der Waals surface area contributed by atoms with E-state index in [1.807, 2.05) is 0 Å². The first-order valence-corrected chi connectivity index (χ1v) is 43.2. The summed E-state index contributed by atoms with van der Waals surface area (Å²) in [4.78, 5) is 12.5. The molecule has 12 aliphatic heterocycles. The van der Waals surface area contributed by atoms with E-state index in [1.54, 1.807) is 0 Å². The summed E-state index contributed by atoms with van der Waals surface area (Å²) in [5, 5.41) is 414. The molecular weight excluding hydrogens is 1880 g/mol. The molecule has 792 valence electrons. The second-order valence-corrected chi connectivity index (χ2v) is 34.5. The van der Waals surface area contributed by atoms with E-state index in [9.17, 15) is 194 Å². The maximum absolute atomic E-state index is 12.9. The number of hydrogen-bond acceptors (Lipinski definition) is 61. The Kier molecular flexibility index (Phi) is 40.0. The van der Waals surface area contributed by atoms with Crippen LogP contribution in [0.3, 0.4) is 0 Å². The van der Waals surface area contributed by atoms with E-state index in [0.717, 1.165) is 6.92 Å². The fourth-order valence-corrected chi connectivity index (χ4v) is 17.3. The van der Waals surface area contributed by atoms with Crippen molar-refractivity contribution in [3.63, 3.8) is 0 Å². The lowest BCUT2D eigenvalue weighted by Gasteiger charge is -2.50. The molecule has 62 nitrogen and oxygen atoms in total. The molecule has 62 heteroatoms. The van der Waals surface area contributed by atoms with Crippen molar-refractivity contribution in [1.29, 1.82) is 0 Å². The predicted octanol–water partition coefficient (Wildman–Crippen LogP) is -27.0. The molecule has 60 atom stereocenters. The quantitative estimate of drug-likeness (QED) is 0.0280. The molecule has 38 N–H and O–H groups in total. The summed E-state index contributed by atoms with van der Waals surface area (Å²) in [5.74, 6) is -0.935. The van der Waals surface area contributed by atoms with Gasteiger partial charge in [-0.3, -0.25) is 4.79 Å². The molecule has 12 rings (SSSR count). The molecule has 136 heavy (non-hydrogen) atoms. The monoisotopic (exact) mass is 2000 g/mol. The number of ether oxygens (including phenoxy) is 23. The van der Waals surface area contributed by atoms with Crippen LogP contribution >= 0.6 is 0 Å². The van der Waals surface area contributed by atoms with Gasteiger partial charge in [-0.05, 0) is 0 Å². The first-order chi connectivity index (χ1) is 64.4. The van der Waals surface area contributed by atoms with E-state index in [1.165, 1.54) is 0 Å². The van der Waals surface area contributed by atoms with Gasteiger partial charge in [0, 0.05) is 6.92 Å². The van der Waals surface area contributed by atoms with Crippen molar-refractivity contribution in [2.45, 2.75) is 375 Å². The highest BCUT2D eigenvalue weighted by Crippen LogP contribution is 2.42. The molecule has 12 saturated heterocycles. The van der Waals surface area contributed by atoms with Crippen LogP contribution in [0.1, 0.15) is 6.92 Å². The Morgan fingerprint density at radius 2 is 0.390 bits per heavy atom. The molecule has 12 aliphatic rings. The minimum atomic E-state index is -2.72. The Labute approximate surface area is 766 Å². The van der Waals surface area contributed by atoms with Crippen molar-refractivity contribution in [3.05, 3.63) is 0 Å². The van der Waals surface area contributed by atoms with Crippen LogP contribution in [0.2, 0.25) is 0 Å². The predicted molar refractivity (Wildman–Crippen MR) is 407 cm³/mol. The van der Waals surface area contributed by atoms with Crippen LogP contribution < -0.4 is 5.32 Å². The number of hydrogen-bond donors (Lipinski definition) is 38. The summed E-state index contributed by atoms with van der Waals surface area (Å²) in [6.07, 6.45) is -131. The Morgan fingerprint density at radius 1 is 0.191 bits per heavy atom. The Bertz CT molecular complexity index is 3590. The van der Waals surface area contributed by atoms with Crippen LogP contribution in [0.4, 0.5) is 0 Å².